The number of nitrogens with two attached hydrogens (primary N) is 1. The minimum Gasteiger partial charge on any atom is -0.498 e. The summed E-state index contributed by atoms with van der Waals surface area (Å²) in [5.41, 5.74) is 7.65. The normalized spacial score (nSPS) is 13.0. The number of fused-ring (bicyclic) bond motifs is 1. The lowest BCUT2D eigenvalue weighted by Crippen LogP contribution is -2.14. The van der Waals surface area contributed by atoms with Crippen LogP contribution in [0.15, 0.2) is 36.7 Å². The smallest absolute Gasteiger partial charge is 0.215 e. The maximum Gasteiger partial charge on any atom is 0.215 e. The highest BCUT2D eigenvalue weighted by Gasteiger charge is 2.20. The summed E-state index contributed by atoms with van der Waals surface area (Å²) >= 11 is 1.17. The third kappa shape index (κ3) is 1.58. The fraction of sp³-hybridized carbons (Fsp3) is 0.0909. The van der Waals surface area contributed by atoms with Crippen molar-refractivity contribution in [2.24, 2.45) is 5.73 Å². The van der Waals surface area contributed by atoms with Crippen molar-refractivity contribution in [2.75, 3.05) is 0 Å². The molecule has 3 N–H and O–H groups in total. The molecule has 0 amide bonds. The first kappa shape index (κ1) is 10.2. The number of aromatic hydroxyl groups is 1. The quantitative estimate of drug-likeness (QED) is 0.719. The highest BCUT2D eigenvalue weighted by atomic mass is 32.1. The average Bonchev–Trinajstić information content (AvgIpc) is 2.89. The summed E-state index contributed by atoms with van der Waals surface area (Å²) in [7, 11) is 0. The monoisotopic (exact) mass is 246 g/mol. The SMILES string of the molecule is NC(c1ccccc1)c1c(O)sc2ncnn12. The number of aromatic nitrogens is 3. The molecule has 1 unspecified atom stereocenters. The molecule has 0 bridgehead atoms. The van der Waals surface area contributed by atoms with Crippen molar-refractivity contribution in [3.05, 3.63) is 47.9 Å². The summed E-state index contributed by atoms with van der Waals surface area (Å²) in [6.07, 6.45) is 1.45. The maximum atomic E-state index is 9.89. The molecule has 86 valence electrons. The lowest BCUT2D eigenvalue weighted by molar-refractivity contribution is 0.474. The second kappa shape index (κ2) is 3.83. The predicted molar refractivity (Wildman–Crippen MR) is 65.0 cm³/mol. The van der Waals surface area contributed by atoms with Crippen molar-refractivity contribution in [2.45, 2.75) is 6.04 Å². The van der Waals surface area contributed by atoms with E-state index < -0.39 is 6.04 Å². The molecule has 1 atom stereocenters. The van der Waals surface area contributed by atoms with E-state index in [2.05, 4.69) is 10.1 Å². The largest absolute Gasteiger partial charge is 0.498 e. The molecule has 1 aromatic carbocycles. The third-order valence-electron chi connectivity index (χ3n) is 2.61. The number of nitrogens with zero attached hydrogens (tertiary/aromatic N) is 3. The van der Waals surface area contributed by atoms with Crippen molar-refractivity contribution in [3.8, 4) is 5.06 Å². The van der Waals surface area contributed by atoms with Gasteiger partial charge in [0.2, 0.25) is 4.96 Å². The van der Waals surface area contributed by atoms with Crippen molar-refractivity contribution in [1.29, 1.82) is 0 Å². The number of benzene rings is 1. The molecule has 0 radical (unpaired) electrons. The summed E-state index contributed by atoms with van der Waals surface area (Å²) in [6.45, 7) is 0. The molecule has 0 spiro atoms. The average molecular weight is 246 g/mol. The van der Waals surface area contributed by atoms with E-state index in [1.54, 1.807) is 4.52 Å². The van der Waals surface area contributed by atoms with Gasteiger partial charge >= 0.3 is 0 Å². The van der Waals surface area contributed by atoms with E-state index >= 15 is 0 Å². The van der Waals surface area contributed by atoms with Crippen LogP contribution in [0.3, 0.4) is 0 Å². The summed E-state index contributed by atoms with van der Waals surface area (Å²) in [4.78, 5) is 4.67. The van der Waals surface area contributed by atoms with Crippen molar-refractivity contribution < 1.29 is 5.11 Å². The molecular weight excluding hydrogens is 236 g/mol. The molecule has 0 aliphatic rings. The van der Waals surface area contributed by atoms with E-state index in [9.17, 15) is 5.11 Å². The Morgan fingerprint density at radius 1 is 1.29 bits per heavy atom. The summed E-state index contributed by atoms with van der Waals surface area (Å²) < 4.78 is 1.58. The summed E-state index contributed by atoms with van der Waals surface area (Å²) in [6, 6.07) is 9.18. The van der Waals surface area contributed by atoms with Gasteiger partial charge < -0.3 is 10.8 Å². The highest BCUT2D eigenvalue weighted by Crippen LogP contribution is 2.34. The molecule has 0 saturated carbocycles. The Hall–Kier alpha value is -1.92. The predicted octanol–water partition coefficient (Wildman–Crippen LogP) is 1.54. The molecule has 5 nitrogen and oxygen atoms in total. The molecule has 3 rings (SSSR count). The van der Waals surface area contributed by atoms with Gasteiger partial charge in [0.05, 0.1) is 6.04 Å². The van der Waals surface area contributed by atoms with Gasteiger partial charge in [0.15, 0.2) is 5.06 Å². The van der Waals surface area contributed by atoms with Crippen LogP contribution >= 0.6 is 11.3 Å². The maximum absolute atomic E-state index is 9.89. The van der Waals surface area contributed by atoms with Gasteiger partial charge in [0, 0.05) is 0 Å². The minimum atomic E-state index is -0.411. The summed E-state index contributed by atoms with van der Waals surface area (Å²) in [5, 5.41) is 14.1. The molecule has 3 aromatic rings. The fourth-order valence-electron chi connectivity index (χ4n) is 1.78. The number of hydrogen-bond donors (Lipinski definition) is 2. The first-order valence-corrected chi connectivity index (χ1v) is 5.91. The van der Waals surface area contributed by atoms with Crippen LogP contribution in [0.2, 0.25) is 0 Å². The molecule has 0 aliphatic heterocycles. The Morgan fingerprint density at radius 3 is 2.82 bits per heavy atom. The Bertz CT molecular complexity index is 646. The standard InChI is InChI=1S/C11H10N4OS/c12-8(7-4-2-1-3-5-7)9-10(16)17-11-13-6-14-15(9)11/h1-6,8,16H,12H2. The zero-order valence-corrected chi connectivity index (χ0v) is 9.63. The van der Waals surface area contributed by atoms with Gasteiger partial charge in [-0.1, -0.05) is 41.7 Å². The van der Waals surface area contributed by atoms with Crippen LogP contribution in [0.25, 0.3) is 4.96 Å². The molecule has 0 saturated heterocycles. The molecule has 0 fully saturated rings. The van der Waals surface area contributed by atoms with Crippen LogP contribution in [0.5, 0.6) is 5.06 Å². The van der Waals surface area contributed by atoms with Crippen LogP contribution < -0.4 is 5.73 Å². The fourth-order valence-corrected chi connectivity index (χ4v) is 2.60. The molecule has 17 heavy (non-hydrogen) atoms. The van der Waals surface area contributed by atoms with Gasteiger partial charge in [-0.05, 0) is 5.56 Å². The van der Waals surface area contributed by atoms with E-state index in [1.807, 2.05) is 30.3 Å². The third-order valence-corrected chi connectivity index (χ3v) is 3.47. The molecule has 6 heteroatoms. The van der Waals surface area contributed by atoms with Crippen molar-refractivity contribution in [3.63, 3.8) is 0 Å². The Balaban J connectivity index is 2.15. The van der Waals surface area contributed by atoms with Gasteiger partial charge in [-0.2, -0.15) is 5.10 Å². The number of hydrogen-bond acceptors (Lipinski definition) is 5. The van der Waals surface area contributed by atoms with Crippen molar-refractivity contribution >= 4 is 16.3 Å². The first-order chi connectivity index (χ1) is 8.27. The topological polar surface area (TPSA) is 76.4 Å². The van der Waals surface area contributed by atoms with Crippen LogP contribution in [0.1, 0.15) is 17.3 Å². The van der Waals surface area contributed by atoms with E-state index in [0.717, 1.165) is 5.56 Å². The second-order valence-corrected chi connectivity index (χ2v) is 4.59. The van der Waals surface area contributed by atoms with Crippen LogP contribution in [-0.4, -0.2) is 19.7 Å². The zero-order chi connectivity index (χ0) is 11.8. The molecular formula is C11H10N4OS. The van der Waals surface area contributed by atoms with Crippen LogP contribution in [-0.2, 0) is 0 Å². The number of rotatable bonds is 2. The molecule has 2 aromatic heterocycles. The van der Waals surface area contributed by atoms with E-state index in [1.165, 1.54) is 17.7 Å². The van der Waals surface area contributed by atoms with E-state index in [4.69, 9.17) is 5.73 Å². The van der Waals surface area contributed by atoms with Gasteiger partial charge in [-0.15, -0.1) is 0 Å². The molecule has 2 heterocycles. The Labute approximate surface area is 101 Å². The van der Waals surface area contributed by atoms with E-state index in [0.29, 0.717) is 10.7 Å². The second-order valence-electron chi connectivity index (χ2n) is 3.64. The van der Waals surface area contributed by atoms with Gasteiger partial charge in [-0.3, -0.25) is 0 Å². The lowest BCUT2D eigenvalue weighted by Gasteiger charge is -2.10. The molecule has 0 aliphatic carbocycles. The van der Waals surface area contributed by atoms with E-state index in [-0.39, 0.29) is 5.06 Å². The Morgan fingerprint density at radius 2 is 2.06 bits per heavy atom. The van der Waals surface area contributed by atoms with Crippen LogP contribution in [0, 0.1) is 0 Å². The first-order valence-electron chi connectivity index (χ1n) is 5.09. The van der Waals surface area contributed by atoms with Gasteiger partial charge in [-0.25, -0.2) is 9.50 Å². The van der Waals surface area contributed by atoms with Gasteiger partial charge in [0.1, 0.15) is 12.0 Å². The highest BCUT2D eigenvalue weighted by molar-refractivity contribution is 7.18. The number of thiazole rings is 1. The Kier molecular flexibility index (Phi) is 2.31. The van der Waals surface area contributed by atoms with Crippen molar-refractivity contribution in [1.82, 2.24) is 14.6 Å². The van der Waals surface area contributed by atoms with Gasteiger partial charge in [0.25, 0.3) is 0 Å². The zero-order valence-electron chi connectivity index (χ0n) is 8.82. The summed E-state index contributed by atoms with van der Waals surface area (Å²) in [5.74, 6) is 0. The lowest BCUT2D eigenvalue weighted by atomic mass is 10.1. The minimum absolute atomic E-state index is 0.164. The van der Waals surface area contributed by atoms with Crippen LogP contribution in [0.4, 0.5) is 0 Å².